The van der Waals surface area contributed by atoms with Crippen molar-refractivity contribution in [3.8, 4) is 0 Å². The van der Waals surface area contributed by atoms with Gasteiger partial charge < -0.3 is 16.0 Å². The van der Waals surface area contributed by atoms with Gasteiger partial charge in [0.2, 0.25) is 11.9 Å². The number of hydrogen-bond acceptors (Lipinski definition) is 6. The zero-order valence-electron chi connectivity index (χ0n) is 14.8. The van der Waals surface area contributed by atoms with Crippen LogP contribution in [0.25, 0.3) is 0 Å². The van der Waals surface area contributed by atoms with E-state index >= 15 is 0 Å². The SMILES string of the molecule is CC1Cc2c(CN)cccc2N1c1ncnc(NCc2ccccc2)n1. The molecule has 26 heavy (non-hydrogen) atoms. The van der Waals surface area contributed by atoms with Gasteiger partial charge in [0.15, 0.2) is 0 Å². The van der Waals surface area contributed by atoms with E-state index in [1.54, 1.807) is 6.33 Å². The third-order valence-electron chi connectivity index (χ3n) is 4.74. The second-order valence-corrected chi connectivity index (χ2v) is 6.49. The molecule has 0 bridgehead atoms. The van der Waals surface area contributed by atoms with E-state index in [1.807, 2.05) is 24.3 Å². The zero-order chi connectivity index (χ0) is 17.9. The minimum atomic E-state index is 0.280. The molecule has 0 amide bonds. The van der Waals surface area contributed by atoms with Crippen molar-refractivity contribution in [2.75, 3.05) is 10.2 Å². The van der Waals surface area contributed by atoms with Crippen LogP contribution in [-0.4, -0.2) is 21.0 Å². The van der Waals surface area contributed by atoms with Gasteiger partial charge in [-0.15, -0.1) is 0 Å². The summed E-state index contributed by atoms with van der Waals surface area (Å²) in [5.41, 5.74) is 10.7. The van der Waals surface area contributed by atoms with Crippen molar-refractivity contribution in [1.29, 1.82) is 0 Å². The molecule has 0 fully saturated rings. The summed E-state index contributed by atoms with van der Waals surface area (Å²) in [7, 11) is 0. The van der Waals surface area contributed by atoms with Gasteiger partial charge in [-0.2, -0.15) is 4.98 Å². The van der Waals surface area contributed by atoms with Crippen molar-refractivity contribution >= 4 is 17.6 Å². The minimum Gasteiger partial charge on any atom is -0.350 e. The lowest BCUT2D eigenvalue weighted by molar-refractivity contribution is 0.734. The molecule has 6 nitrogen and oxygen atoms in total. The average Bonchev–Trinajstić information content (AvgIpc) is 3.03. The van der Waals surface area contributed by atoms with Gasteiger partial charge in [-0.1, -0.05) is 42.5 Å². The Hall–Kier alpha value is -2.99. The molecule has 0 saturated carbocycles. The fourth-order valence-electron chi connectivity index (χ4n) is 3.47. The van der Waals surface area contributed by atoms with Crippen molar-refractivity contribution < 1.29 is 0 Å². The standard InChI is InChI=1S/C20H22N6/c1-14-10-17-16(11-21)8-5-9-18(17)26(14)20-24-13-23-19(25-20)22-12-15-6-3-2-4-7-15/h2-9,13-14H,10-12,21H2,1H3,(H,22,23,24,25). The first-order valence-electron chi connectivity index (χ1n) is 8.83. The molecule has 6 heteroatoms. The number of hydrogen-bond donors (Lipinski definition) is 2. The molecule has 2 aromatic carbocycles. The molecule has 0 aliphatic carbocycles. The van der Waals surface area contributed by atoms with E-state index < -0.39 is 0 Å². The van der Waals surface area contributed by atoms with Crippen molar-refractivity contribution in [2.45, 2.75) is 32.5 Å². The van der Waals surface area contributed by atoms with Gasteiger partial charge in [-0.05, 0) is 36.1 Å². The van der Waals surface area contributed by atoms with Crippen LogP contribution in [0, 0.1) is 0 Å². The first kappa shape index (κ1) is 16.5. The van der Waals surface area contributed by atoms with Crippen LogP contribution in [0.2, 0.25) is 0 Å². The number of nitrogens with one attached hydrogen (secondary N) is 1. The lowest BCUT2D eigenvalue weighted by atomic mass is 10.0. The topological polar surface area (TPSA) is 80.0 Å². The predicted molar refractivity (Wildman–Crippen MR) is 103 cm³/mol. The largest absolute Gasteiger partial charge is 0.350 e. The van der Waals surface area contributed by atoms with Crippen LogP contribution in [0.15, 0.2) is 54.9 Å². The van der Waals surface area contributed by atoms with Crippen LogP contribution in [0.5, 0.6) is 0 Å². The van der Waals surface area contributed by atoms with E-state index in [-0.39, 0.29) is 6.04 Å². The summed E-state index contributed by atoms with van der Waals surface area (Å²) in [5.74, 6) is 1.24. The van der Waals surface area contributed by atoms with Gasteiger partial charge in [-0.3, -0.25) is 0 Å². The summed E-state index contributed by atoms with van der Waals surface area (Å²) >= 11 is 0. The Labute approximate surface area is 153 Å². The maximum absolute atomic E-state index is 5.90. The molecule has 1 aromatic heterocycles. The first-order valence-corrected chi connectivity index (χ1v) is 8.83. The fourth-order valence-corrected chi connectivity index (χ4v) is 3.47. The lowest BCUT2D eigenvalue weighted by Crippen LogP contribution is -2.26. The number of nitrogens with zero attached hydrogens (tertiary/aromatic N) is 4. The summed E-state index contributed by atoms with van der Waals surface area (Å²) in [6, 6.07) is 16.7. The summed E-state index contributed by atoms with van der Waals surface area (Å²) in [5, 5.41) is 3.28. The van der Waals surface area contributed by atoms with Gasteiger partial charge in [0, 0.05) is 24.8 Å². The number of rotatable bonds is 5. The van der Waals surface area contributed by atoms with Crippen molar-refractivity contribution in [2.24, 2.45) is 5.73 Å². The Bertz CT molecular complexity index is 896. The van der Waals surface area contributed by atoms with Crippen molar-refractivity contribution in [3.05, 3.63) is 71.5 Å². The molecule has 4 rings (SSSR count). The number of anilines is 3. The third-order valence-corrected chi connectivity index (χ3v) is 4.74. The Morgan fingerprint density at radius 3 is 2.77 bits per heavy atom. The maximum Gasteiger partial charge on any atom is 0.234 e. The number of fused-ring (bicyclic) bond motifs is 1. The number of aromatic nitrogens is 3. The molecule has 0 saturated heterocycles. The van der Waals surface area contributed by atoms with Gasteiger partial charge in [0.1, 0.15) is 6.33 Å². The highest BCUT2D eigenvalue weighted by atomic mass is 15.3. The molecule has 132 valence electrons. The quantitative estimate of drug-likeness (QED) is 0.739. The average molecular weight is 346 g/mol. The third kappa shape index (κ3) is 3.11. The molecular formula is C20H22N6. The van der Waals surface area contributed by atoms with E-state index in [2.05, 4.69) is 56.4 Å². The van der Waals surface area contributed by atoms with Crippen molar-refractivity contribution in [1.82, 2.24) is 15.0 Å². The zero-order valence-corrected chi connectivity index (χ0v) is 14.8. The van der Waals surface area contributed by atoms with E-state index in [9.17, 15) is 0 Å². The Kier molecular flexibility index (Phi) is 4.50. The number of benzene rings is 2. The van der Waals surface area contributed by atoms with Crippen molar-refractivity contribution in [3.63, 3.8) is 0 Å². The Morgan fingerprint density at radius 1 is 1.12 bits per heavy atom. The molecule has 3 aromatic rings. The van der Waals surface area contributed by atoms with E-state index in [0.29, 0.717) is 25.0 Å². The van der Waals surface area contributed by atoms with E-state index in [0.717, 1.165) is 12.1 Å². The molecule has 1 atom stereocenters. The second kappa shape index (κ2) is 7.09. The summed E-state index contributed by atoms with van der Waals surface area (Å²) in [6.45, 7) is 3.40. The maximum atomic E-state index is 5.90. The smallest absolute Gasteiger partial charge is 0.234 e. The minimum absolute atomic E-state index is 0.280. The Balaban J connectivity index is 1.59. The van der Waals surface area contributed by atoms with Crippen LogP contribution in [0.3, 0.4) is 0 Å². The molecule has 0 spiro atoms. The van der Waals surface area contributed by atoms with Crippen LogP contribution in [0.4, 0.5) is 17.6 Å². The highest BCUT2D eigenvalue weighted by molar-refractivity contribution is 5.69. The van der Waals surface area contributed by atoms with Gasteiger partial charge in [-0.25, -0.2) is 9.97 Å². The highest BCUT2D eigenvalue weighted by Crippen LogP contribution is 2.38. The van der Waals surface area contributed by atoms with Crippen LogP contribution in [-0.2, 0) is 19.5 Å². The highest BCUT2D eigenvalue weighted by Gasteiger charge is 2.30. The molecular weight excluding hydrogens is 324 g/mol. The molecule has 0 radical (unpaired) electrons. The number of nitrogens with two attached hydrogens (primary N) is 1. The predicted octanol–water partition coefficient (Wildman–Crippen LogP) is 3.03. The molecule has 1 aliphatic heterocycles. The molecule has 2 heterocycles. The summed E-state index contributed by atoms with van der Waals surface area (Å²) < 4.78 is 0. The van der Waals surface area contributed by atoms with E-state index in [4.69, 9.17) is 5.73 Å². The first-order chi connectivity index (χ1) is 12.8. The Morgan fingerprint density at radius 2 is 1.96 bits per heavy atom. The van der Waals surface area contributed by atoms with Gasteiger partial charge in [0.05, 0.1) is 0 Å². The summed E-state index contributed by atoms with van der Waals surface area (Å²) in [6.07, 6.45) is 2.51. The van der Waals surface area contributed by atoms with Gasteiger partial charge >= 0.3 is 0 Å². The summed E-state index contributed by atoms with van der Waals surface area (Å²) in [4.78, 5) is 15.5. The normalized spacial score (nSPS) is 15.8. The van der Waals surface area contributed by atoms with E-state index in [1.165, 1.54) is 16.7 Å². The van der Waals surface area contributed by atoms with Crippen LogP contribution < -0.4 is 16.0 Å². The molecule has 1 unspecified atom stereocenters. The fraction of sp³-hybridized carbons (Fsp3) is 0.250. The second-order valence-electron chi connectivity index (χ2n) is 6.49. The monoisotopic (exact) mass is 346 g/mol. The molecule has 3 N–H and O–H groups in total. The van der Waals surface area contributed by atoms with Crippen LogP contribution in [0.1, 0.15) is 23.6 Å². The molecule has 1 aliphatic rings. The lowest BCUT2D eigenvalue weighted by Gasteiger charge is -2.22. The van der Waals surface area contributed by atoms with Gasteiger partial charge in [0.25, 0.3) is 0 Å². The van der Waals surface area contributed by atoms with Crippen LogP contribution >= 0.6 is 0 Å².